The highest BCUT2D eigenvalue weighted by atomic mass is 32.2. The molecule has 0 saturated heterocycles. The molecule has 2 aromatic rings. The summed E-state index contributed by atoms with van der Waals surface area (Å²) in [5.41, 5.74) is 2.15. The lowest BCUT2D eigenvalue weighted by molar-refractivity contribution is -0.119. The Bertz CT molecular complexity index is 1060. The molecule has 30 heavy (non-hydrogen) atoms. The molecule has 1 heterocycles. The van der Waals surface area contributed by atoms with Gasteiger partial charge in [-0.15, -0.1) is 0 Å². The van der Waals surface area contributed by atoms with E-state index in [0.29, 0.717) is 12.5 Å². The smallest absolute Gasteiger partial charge is 0.343 e. The zero-order valence-electron chi connectivity index (χ0n) is 17.7. The Hall–Kier alpha value is -2.87. The maximum atomic E-state index is 13.3. The SMILES string of the molecule is Cc1cc(C)cc(N2C(=O)N(CC(=O)NCCC(C)C)c3ccccc3S2(=O)=O)c1. The van der Waals surface area contributed by atoms with Gasteiger partial charge in [0.2, 0.25) is 5.91 Å². The van der Waals surface area contributed by atoms with Crippen molar-refractivity contribution in [3.63, 3.8) is 0 Å². The quantitative estimate of drug-likeness (QED) is 0.760. The van der Waals surface area contributed by atoms with Crippen molar-refractivity contribution >= 4 is 33.3 Å². The van der Waals surface area contributed by atoms with Gasteiger partial charge in [-0.2, -0.15) is 4.31 Å². The first kappa shape index (κ1) is 21.8. The molecule has 1 aliphatic rings. The standard InChI is InChI=1S/C22H27N3O4S/c1-15(2)9-10-23-21(26)14-24-19-7-5-6-8-20(19)30(28,29)25(22(24)27)18-12-16(3)11-17(4)13-18/h5-8,11-13,15H,9-10,14H2,1-4H3,(H,23,26). The molecule has 0 aromatic heterocycles. The third kappa shape index (κ3) is 4.33. The molecule has 0 bridgehead atoms. The molecule has 0 fully saturated rings. The fourth-order valence-electron chi connectivity index (χ4n) is 3.48. The first-order valence-electron chi connectivity index (χ1n) is 9.92. The lowest BCUT2D eigenvalue weighted by Gasteiger charge is -2.36. The molecule has 0 spiro atoms. The highest BCUT2D eigenvalue weighted by Gasteiger charge is 2.43. The van der Waals surface area contributed by atoms with E-state index in [2.05, 4.69) is 19.2 Å². The summed E-state index contributed by atoms with van der Waals surface area (Å²) in [6.45, 7) is 8.03. The van der Waals surface area contributed by atoms with Gasteiger partial charge in [-0.25, -0.2) is 13.2 Å². The minimum Gasteiger partial charge on any atom is -0.355 e. The van der Waals surface area contributed by atoms with E-state index in [1.165, 1.54) is 11.0 Å². The first-order chi connectivity index (χ1) is 14.1. The lowest BCUT2D eigenvalue weighted by atomic mass is 10.1. The van der Waals surface area contributed by atoms with Crippen molar-refractivity contribution in [3.05, 3.63) is 53.6 Å². The van der Waals surface area contributed by atoms with Crippen molar-refractivity contribution in [1.29, 1.82) is 0 Å². The van der Waals surface area contributed by atoms with Crippen LogP contribution in [0.1, 0.15) is 31.4 Å². The van der Waals surface area contributed by atoms with E-state index in [0.717, 1.165) is 21.9 Å². The van der Waals surface area contributed by atoms with Crippen LogP contribution in [0.4, 0.5) is 16.2 Å². The summed E-state index contributed by atoms with van der Waals surface area (Å²) in [4.78, 5) is 27.0. The third-order valence-corrected chi connectivity index (χ3v) is 6.61. The molecular weight excluding hydrogens is 402 g/mol. The molecule has 8 heteroatoms. The summed E-state index contributed by atoms with van der Waals surface area (Å²) in [5.74, 6) is 0.103. The Kier molecular flexibility index (Phi) is 6.17. The third-order valence-electron chi connectivity index (χ3n) is 4.87. The second-order valence-corrected chi connectivity index (χ2v) is 9.74. The number of urea groups is 1. The topological polar surface area (TPSA) is 86.8 Å². The molecule has 1 N–H and O–H groups in total. The monoisotopic (exact) mass is 429 g/mol. The van der Waals surface area contributed by atoms with Crippen LogP contribution in [0, 0.1) is 19.8 Å². The molecule has 3 amide bonds. The minimum absolute atomic E-state index is 0.00117. The second kappa shape index (κ2) is 8.47. The second-order valence-electron chi connectivity index (χ2n) is 7.98. The number of para-hydroxylation sites is 1. The van der Waals surface area contributed by atoms with E-state index in [4.69, 9.17) is 0 Å². The number of rotatable bonds is 6. The fourth-order valence-corrected chi connectivity index (χ4v) is 5.06. The van der Waals surface area contributed by atoms with E-state index in [1.54, 1.807) is 30.3 Å². The molecular formula is C22H27N3O4S. The van der Waals surface area contributed by atoms with E-state index in [-0.39, 0.29) is 28.7 Å². The number of fused-ring (bicyclic) bond motifs is 1. The maximum Gasteiger partial charge on any atom is 0.343 e. The zero-order chi connectivity index (χ0) is 22.1. The summed E-state index contributed by atoms with van der Waals surface area (Å²) < 4.78 is 27.4. The van der Waals surface area contributed by atoms with E-state index in [9.17, 15) is 18.0 Å². The van der Waals surface area contributed by atoms with Crippen molar-refractivity contribution in [3.8, 4) is 0 Å². The van der Waals surface area contributed by atoms with Gasteiger partial charge < -0.3 is 5.32 Å². The van der Waals surface area contributed by atoms with Gasteiger partial charge in [0.15, 0.2) is 0 Å². The number of anilines is 2. The van der Waals surface area contributed by atoms with Crippen LogP contribution >= 0.6 is 0 Å². The van der Waals surface area contributed by atoms with Crippen molar-refractivity contribution in [2.45, 2.75) is 39.0 Å². The summed E-state index contributed by atoms with van der Waals surface area (Å²) in [7, 11) is -4.11. The maximum absolute atomic E-state index is 13.3. The van der Waals surface area contributed by atoms with Gasteiger partial charge >= 0.3 is 6.03 Å². The van der Waals surface area contributed by atoms with Crippen LogP contribution in [-0.4, -0.2) is 33.4 Å². The number of carbonyl (C=O) groups excluding carboxylic acids is 2. The molecule has 3 rings (SSSR count). The van der Waals surface area contributed by atoms with Crippen LogP contribution in [0.25, 0.3) is 0 Å². The van der Waals surface area contributed by atoms with Gasteiger partial charge in [0, 0.05) is 6.54 Å². The highest BCUT2D eigenvalue weighted by Crippen LogP contribution is 2.37. The average Bonchev–Trinajstić information content (AvgIpc) is 2.64. The van der Waals surface area contributed by atoms with Crippen LogP contribution in [0.2, 0.25) is 0 Å². The molecule has 0 saturated carbocycles. The van der Waals surface area contributed by atoms with Crippen molar-refractivity contribution in [2.75, 3.05) is 22.3 Å². The Morgan fingerprint density at radius 1 is 1.07 bits per heavy atom. The number of hydrogen-bond acceptors (Lipinski definition) is 4. The zero-order valence-corrected chi connectivity index (χ0v) is 18.5. The number of benzene rings is 2. The Morgan fingerprint density at radius 3 is 2.33 bits per heavy atom. The van der Waals surface area contributed by atoms with Crippen molar-refractivity contribution in [1.82, 2.24) is 5.32 Å². The first-order valence-corrected chi connectivity index (χ1v) is 11.4. The van der Waals surface area contributed by atoms with Crippen molar-refractivity contribution in [2.24, 2.45) is 5.92 Å². The Labute approximate surface area is 177 Å². The summed E-state index contributed by atoms with van der Waals surface area (Å²) in [6.07, 6.45) is 0.819. The van der Waals surface area contributed by atoms with E-state index < -0.39 is 16.1 Å². The lowest BCUT2D eigenvalue weighted by Crippen LogP contribution is -2.53. The van der Waals surface area contributed by atoms with E-state index in [1.807, 2.05) is 19.9 Å². The molecule has 0 unspecified atom stereocenters. The van der Waals surface area contributed by atoms with Crippen LogP contribution in [0.5, 0.6) is 0 Å². The number of sulfonamides is 1. The number of amides is 3. The Morgan fingerprint density at radius 2 is 1.70 bits per heavy atom. The number of hydrogen-bond donors (Lipinski definition) is 1. The average molecular weight is 430 g/mol. The van der Waals surface area contributed by atoms with Gasteiger partial charge in [-0.3, -0.25) is 9.69 Å². The normalized spacial score (nSPS) is 15.3. The number of carbonyl (C=O) groups is 2. The predicted octanol–water partition coefficient (Wildman–Crippen LogP) is 3.60. The predicted molar refractivity (Wildman–Crippen MR) is 117 cm³/mol. The van der Waals surface area contributed by atoms with Gasteiger partial charge in [0.25, 0.3) is 10.0 Å². The molecule has 1 aliphatic heterocycles. The summed E-state index contributed by atoms with van der Waals surface area (Å²) in [5, 5.41) is 2.81. The largest absolute Gasteiger partial charge is 0.355 e. The minimum atomic E-state index is -4.11. The van der Waals surface area contributed by atoms with Crippen LogP contribution in [0.15, 0.2) is 47.4 Å². The molecule has 2 aromatic carbocycles. The number of aryl methyl sites for hydroxylation is 2. The highest BCUT2D eigenvalue weighted by molar-refractivity contribution is 7.94. The van der Waals surface area contributed by atoms with Gasteiger partial charge in [0.1, 0.15) is 11.4 Å². The summed E-state index contributed by atoms with van der Waals surface area (Å²) in [6, 6.07) is 10.7. The van der Waals surface area contributed by atoms with Gasteiger partial charge in [0.05, 0.1) is 11.4 Å². The fraction of sp³-hybridized carbons (Fsp3) is 0.364. The van der Waals surface area contributed by atoms with Gasteiger partial charge in [-0.1, -0.05) is 32.0 Å². The van der Waals surface area contributed by atoms with E-state index >= 15 is 0 Å². The Balaban J connectivity index is 2.01. The van der Waals surface area contributed by atoms with Crippen LogP contribution in [0.3, 0.4) is 0 Å². The number of nitrogens with zero attached hydrogens (tertiary/aromatic N) is 2. The van der Waals surface area contributed by atoms with Crippen LogP contribution < -0.4 is 14.5 Å². The molecule has 0 radical (unpaired) electrons. The van der Waals surface area contributed by atoms with Crippen molar-refractivity contribution < 1.29 is 18.0 Å². The van der Waals surface area contributed by atoms with Crippen LogP contribution in [-0.2, 0) is 14.8 Å². The van der Waals surface area contributed by atoms with Gasteiger partial charge in [-0.05, 0) is 61.6 Å². The number of nitrogens with one attached hydrogen (secondary N) is 1. The molecule has 0 atom stereocenters. The molecule has 0 aliphatic carbocycles. The molecule has 160 valence electrons. The molecule has 7 nitrogen and oxygen atoms in total. The summed E-state index contributed by atoms with van der Waals surface area (Å²) >= 11 is 0.